The summed E-state index contributed by atoms with van der Waals surface area (Å²) in [5.74, 6) is 0.0815. The fourth-order valence-electron chi connectivity index (χ4n) is 2.41. The minimum Gasteiger partial charge on any atom is -0.490 e. The summed E-state index contributed by atoms with van der Waals surface area (Å²) in [7, 11) is 1.26. The molecular weight excluding hydrogens is 296 g/mol. The van der Waals surface area contributed by atoms with Crippen molar-refractivity contribution in [2.75, 3.05) is 7.11 Å². The molecule has 0 bridgehead atoms. The Morgan fingerprint density at radius 3 is 2.64 bits per heavy atom. The van der Waals surface area contributed by atoms with Crippen molar-refractivity contribution in [2.45, 2.75) is 31.6 Å². The Hall–Kier alpha value is -2.55. The predicted molar refractivity (Wildman–Crippen MR) is 74.3 cm³/mol. The number of hydrogen-bond donors (Lipinski definition) is 3. The lowest BCUT2D eigenvalue weighted by atomic mass is 9.86. The molecule has 1 aromatic carbocycles. The number of aliphatic hydroxyl groups is 1. The summed E-state index contributed by atoms with van der Waals surface area (Å²) in [6.07, 6.45) is -2.51. The van der Waals surface area contributed by atoms with Crippen LogP contribution < -0.4 is 14.8 Å². The summed E-state index contributed by atoms with van der Waals surface area (Å²) in [6, 6.07) is 1.47. The maximum atomic E-state index is 11.1. The minimum atomic E-state index is -1.33. The molecule has 1 aliphatic heterocycles. The van der Waals surface area contributed by atoms with Crippen LogP contribution in [0, 0.1) is 10.1 Å². The lowest BCUT2D eigenvalue weighted by molar-refractivity contribution is -0.385. The first-order chi connectivity index (χ1) is 10.2. The van der Waals surface area contributed by atoms with Crippen molar-refractivity contribution in [3.63, 3.8) is 0 Å². The van der Waals surface area contributed by atoms with Crippen LogP contribution >= 0.6 is 0 Å². The summed E-state index contributed by atoms with van der Waals surface area (Å²) in [5.41, 5.74) is -1.15. The quantitative estimate of drug-likeness (QED) is 0.568. The Balaban J connectivity index is 2.62. The van der Waals surface area contributed by atoms with Gasteiger partial charge in [-0.2, -0.15) is 0 Å². The number of methoxy groups -OCH3 is 1. The van der Waals surface area contributed by atoms with Gasteiger partial charge in [0, 0.05) is 5.56 Å². The van der Waals surface area contributed by atoms with Crippen LogP contribution in [0.1, 0.15) is 25.5 Å². The topological polar surface area (TPSA) is 131 Å². The van der Waals surface area contributed by atoms with Crippen molar-refractivity contribution in [1.82, 2.24) is 5.32 Å². The zero-order chi connectivity index (χ0) is 16.7. The number of rotatable bonds is 3. The average Bonchev–Trinajstić information content (AvgIpc) is 2.42. The number of carboxylic acid groups (broad SMARTS) is 1. The smallest absolute Gasteiger partial charge is 0.405 e. The van der Waals surface area contributed by atoms with Crippen LogP contribution in [0.15, 0.2) is 12.1 Å². The SMILES string of the molecule is COc1cc2c(cc1[N+](=O)[O-])OC(C)(C)C(O)C2NC(=O)O. The Bertz CT molecular complexity index is 629. The molecule has 1 heterocycles. The van der Waals surface area contributed by atoms with Gasteiger partial charge in [0.1, 0.15) is 17.5 Å². The van der Waals surface area contributed by atoms with E-state index >= 15 is 0 Å². The zero-order valence-electron chi connectivity index (χ0n) is 12.2. The first-order valence-electron chi connectivity index (χ1n) is 6.40. The minimum absolute atomic E-state index is 0.0450. The van der Waals surface area contributed by atoms with Crippen LogP contribution in [0.2, 0.25) is 0 Å². The lowest BCUT2D eigenvalue weighted by Gasteiger charge is -2.41. The van der Waals surface area contributed by atoms with Gasteiger partial charge in [-0.25, -0.2) is 4.79 Å². The summed E-state index contributed by atoms with van der Waals surface area (Å²) < 4.78 is 10.5. The molecule has 0 fully saturated rings. The molecule has 9 heteroatoms. The third-order valence-corrected chi connectivity index (χ3v) is 3.52. The molecular formula is C13H16N2O7. The average molecular weight is 312 g/mol. The number of fused-ring (bicyclic) bond motifs is 1. The molecule has 2 unspecified atom stereocenters. The van der Waals surface area contributed by atoms with Gasteiger partial charge in [-0.3, -0.25) is 10.1 Å². The highest BCUT2D eigenvalue weighted by molar-refractivity contribution is 5.67. The maximum absolute atomic E-state index is 11.1. The molecule has 0 radical (unpaired) electrons. The molecule has 1 amide bonds. The second-order valence-corrected chi connectivity index (χ2v) is 5.40. The fraction of sp³-hybridized carbons (Fsp3) is 0.462. The van der Waals surface area contributed by atoms with Gasteiger partial charge in [0.05, 0.1) is 24.1 Å². The molecule has 22 heavy (non-hydrogen) atoms. The molecule has 2 atom stereocenters. The Morgan fingerprint density at radius 1 is 1.50 bits per heavy atom. The van der Waals surface area contributed by atoms with Crippen LogP contribution in [0.3, 0.4) is 0 Å². The van der Waals surface area contributed by atoms with Gasteiger partial charge in [-0.15, -0.1) is 0 Å². The molecule has 120 valence electrons. The first kappa shape index (κ1) is 15.8. The molecule has 1 aliphatic rings. The summed E-state index contributed by atoms with van der Waals surface area (Å²) in [4.78, 5) is 21.4. The van der Waals surface area contributed by atoms with Crippen LogP contribution in [0.5, 0.6) is 11.5 Å². The molecule has 1 aromatic rings. The number of hydrogen-bond acceptors (Lipinski definition) is 6. The van der Waals surface area contributed by atoms with Crippen molar-refractivity contribution in [3.05, 3.63) is 27.8 Å². The number of carbonyl (C=O) groups is 1. The van der Waals surface area contributed by atoms with Gasteiger partial charge in [0.15, 0.2) is 5.75 Å². The van der Waals surface area contributed by atoms with Crippen LogP contribution in [-0.4, -0.2) is 40.0 Å². The predicted octanol–water partition coefficient (Wildman–Crippen LogP) is 1.44. The highest BCUT2D eigenvalue weighted by Crippen LogP contribution is 2.44. The van der Waals surface area contributed by atoms with E-state index in [2.05, 4.69) is 5.32 Å². The molecule has 9 nitrogen and oxygen atoms in total. The Kier molecular flexibility index (Phi) is 3.84. The van der Waals surface area contributed by atoms with Crippen molar-refractivity contribution >= 4 is 11.8 Å². The van der Waals surface area contributed by atoms with Gasteiger partial charge in [-0.05, 0) is 19.9 Å². The van der Waals surface area contributed by atoms with Crippen LogP contribution in [0.4, 0.5) is 10.5 Å². The van der Waals surface area contributed by atoms with Crippen molar-refractivity contribution in [3.8, 4) is 11.5 Å². The van der Waals surface area contributed by atoms with E-state index in [0.717, 1.165) is 0 Å². The van der Waals surface area contributed by atoms with Gasteiger partial charge >= 0.3 is 11.8 Å². The van der Waals surface area contributed by atoms with E-state index in [1.807, 2.05) is 0 Å². The molecule has 2 rings (SSSR count). The zero-order valence-corrected chi connectivity index (χ0v) is 12.2. The third-order valence-electron chi connectivity index (χ3n) is 3.52. The normalized spacial score (nSPS) is 22.2. The summed E-state index contributed by atoms with van der Waals surface area (Å²) in [6.45, 7) is 3.13. The maximum Gasteiger partial charge on any atom is 0.405 e. The molecule has 0 saturated heterocycles. The largest absolute Gasteiger partial charge is 0.490 e. The standard InChI is InChI=1S/C13H16N2O7/c1-13(2)11(16)10(14-12(17)18)6-4-9(21-3)7(15(19)20)5-8(6)22-13/h4-5,10-11,14,16H,1-3H3,(H,17,18). The van der Waals surface area contributed by atoms with E-state index in [1.165, 1.54) is 19.2 Å². The molecule has 3 N–H and O–H groups in total. The Labute approximate surface area is 125 Å². The van der Waals surface area contributed by atoms with E-state index in [9.17, 15) is 20.0 Å². The highest BCUT2D eigenvalue weighted by Gasteiger charge is 2.44. The summed E-state index contributed by atoms with van der Waals surface area (Å²) in [5, 5.41) is 32.5. The second kappa shape index (κ2) is 5.34. The molecule has 0 aliphatic carbocycles. The number of nitrogens with one attached hydrogen (secondary N) is 1. The number of nitrogens with zero attached hydrogens (tertiary/aromatic N) is 1. The van der Waals surface area contributed by atoms with E-state index in [-0.39, 0.29) is 22.7 Å². The number of benzene rings is 1. The number of ether oxygens (including phenoxy) is 2. The fourth-order valence-corrected chi connectivity index (χ4v) is 2.41. The summed E-state index contributed by atoms with van der Waals surface area (Å²) >= 11 is 0. The molecule has 0 aromatic heterocycles. The highest BCUT2D eigenvalue weighted by atomic mass is 16.6. The number of nitro groups is 1. The van der Waals surface area contributed by atoms with Crippen molar-refractivity contribution in [1.29, 1.82) is 0 Å². The van der Waals surface area contributed by atoms with E-state index in [4.69, 9.17) is 14.6 Å². The lowest BCUT2D eigenvalue weighted by Crippen LogP contribution is -2.53. The number of amides is 1. The Morgan fingerprint density at radius 2 is 2.14 bits per heavy atom. The van der Waals surface area contributed by atoms with Crippen LogP contribution in [-0.2, 0) is 0 Å². The van der Waals surface area contributed by atoms with Gasteiger partial charge < -0.3 is 25.0 Å². The number of nitro benzene ring substituents is 1. The van der Waals surface area contributed by atoms with E-state index in [0.29, 0.717) is 0 Å². The van der Waals surface area contributed by atoms with Gasteiger partial charge in [0.2, 0.25) is 0 Å². The van der Waals surface area contributed by atoms with Crippen molar-refractivity contribution < 1.29 is 29.4 Å². The second-order valence-electron chi connectivity index (χ2n) is 5.40. The van der Waals surface area contributed by atoms with Crippen LogP contribution in [0.25, 0.3) is 0 Å². The van der Waals surface area contributed by atoms with Gasteiger partial charge in [0.25, 0.3) is 0 Å². The first-order valence-corrected chi connectivity index (χ1v) is 6.40. The van der Waals surface area contributed by atoms with Crippen molar-refractivity contribution in [2.24, 2.45) is 0 Å². The monoisotopic (exact) mass is 312 g/mol. The third kappa shape index (κ3) is 2.62. The van der Waals surface area contributed by atoms with E-state index in [1.54, 1.807) is 13.8 Å². The molecule has 0 spiro atoms. The van der Waals surface area contributed by atoms with E-state index < -0.39 is 28.8 Å². The van der Waals surface area contributed by atoms with Gasteiger partial charge in [-0.1, -0.05) is 0 Å². The molecule has 0 saturated carbocycles. The number of aliphatic hydroxyl groups excluding tert-OH is 1.